The Balaban J connectivity index is 2.45. The van der Waals surface area contributed by atoms with Crippen molar-refractivity contribution < 1.29 is 4.39 Å². The first-order valence-electron chi connectivity index (χ1n) is 4.87. The quantitative estimate of drug-likeness (QED) is 0.821. The maximum atomic E-state index is 13.5. The molecular formula is C12H8Cl2FNO. The molecule has 88 valence electrons. The normalized spacial score (nSPS) is 10.5. The fourth-order valence-electron chi connectivity index (χ4n) is 1.48. The fourth-order valence-corrected chi connectivity index (χ4v) is 1.88. The van der Waals surface area contributed by atoms with Crippen LogP contribution in [-0.4, -0.2) is 4.57 Å². The van der Waals surface area contributed by atoms with Crippen LogP contribution in [0.1, 0.15) is 5.56 Å². The van der Waals surface area contributed by atoms with E-state index < -0.39 is 5.82 Å². The lowest BCUT2D eigenvalue weighted by Crippen LogP contribution is -2.19. The predicted molar refractivity (Wildman–Crippen MR) is 66.2 cm³/mol. The SMILES string of the molecule is O=c1ccc(Cl)cn1Cc1c(F)cccc1Cl. The smallest absolute Gasteiger partial charge is 0.250 e. The van der Waals surface area contributed by atoms with E-state index in [1.807, 2.05) is 0 Å². The molecule has 0 aliphatic rings. The van der Waals surface area contributed by atoms with E-state index in [4.69, 9.17) is 23.2 Å². The van der Waals surface area contributed by atoms with Gasteiger partial charge in [0.2, 0.25) is 0 Å². The summed E-state index contributed by atoms with van der Waals surface area (Å²) in [5.74, 6) is -0.440. The van der Waals surface area contributed by atoms with Gasteiger partial charge in [-0.25, -0.2) is 4.39 Å². The lowest BCUT2D eigenvalue weighted by molar-refractivity contribution is 0.596. The number of hydrogen-bond acceptors (Lipinski definition) is 1. The second-order valence-electron chi connectivity index (χ2n) is 3.51. The van der Waals surface area contributed by atoms with Gasteiger partial charge in [-0.1, -0.05) is 29.3 Å². The maximum Gasteiger partial charge on any atom is 0.250 e. The highest BCUT2D eigenvalue weighted by molar-refractivity contribution is 6.31. The van der Waals surface area contributed by atoms with Gasteiger partial charge >= 0.3 is 0 Å². The van der Waals surface area contributed by atoms with E-state index in [-0.39, 0.29) is 22.7 Å². The summed E-state index contributed by atoms with van der Waals surface area (Å²) in [5.41, 5.74) is 0.0206. The molecule has 0 saturated heterocycles. The summed E-state index contributed by atoms with van der Waals surface area (Å²) in [6.07, 6.45) is 1.45. The molecular weight excluding hydrogens is 264 g/mol. The molecule has 2 aromatic rings. The largest absolute Gasteiger partial charge is 0.309 e. The molecule has 1 heterocycles. The highest BCUT2D eigenvalue weighted by atomic mass is 35.5. The molecule has 2 rings (SSSR count). The Hall–Kier alpha value is -1.32. The van der Waals surface area contributed by atoms with E-state index in [1.54, 1.807) is 6.07 Å². The summed E-state index contributed by atoms with van der Waals surface area (Å²) in [6.45, 7) is 0.0604. The van der Waals surface area contributed by atoms with Crippen molar-refractivity contribution >= 4 is 23.2 Å². The average molecular weight is 272 g/mol. The van der Waals surface area contributed by atoms with Crippen LogP contribution in [0.5, 0.6) is 0 Å². The number of rotatable bonds is 2. The van der Waals surface area contributed by atoms with Crippen molar-refractivity contribution in [2.45, 2.75) is 6.54 Å². The highest BCUT2D eigenvalue weighted by Gasteiger charge is 2.08. The Morgan fingerprint density at radius 2 is 1.94 bits per heavy atom. The minimum Gasteiger partial charge on any atom is -0.309 e. The summed E-state index contributed by atoms with van der Waals surface area (Å²) < 4.78 is 14.8. The molecule has 0 aliphatic heterocycles. The van der Waals surface area contributed by atoms with Crippen LogP contribution in [0.15, 0.2) is 41.3 Å². The monoisotopic (exact) mass is 271 g/mol. The van der Waals surface area contributed by atoms with Gasteiger partial charge in [0.1, 0.15) is 5.82 Å². The number of hydrogen-bond donors (Lipinski definition) is 0. The Bertz CT molecular complexity index is 589. The molecule has 17 heavy (non-hydrogen) atoms. The number of nitrogens with zero attached hydrogens (tertiary/aromatic N) is 1. The third-order valence-electron chi connectivity index (χ3n) is 2.34. The van der Waals surface area contributed by atoms with Gasteiger partial charge in [-0.05, 0) is 18.2 Å². The van der Waals surface area contributed by atoms with Gasteiger partial charge < -0.3 is 4.57 Å². The van der Waals surface area contributed by atoms with Crippen molar-refractivity contribution in [3.05, 3.63) is 68.3 Å². The van der Waals surface area contributed by atoms with Crippen LogP contribution in [0, 0.1) is 5.82 Å². The molecule has 2 nitrogen and oxygen atoms in total. The second-order valence-corrected chi connectivity index (χ2v) is 4.36. The Morgan fingerprint density at radius 3 is 2.65 bits per heavy atom. The number of pyridine rings is 1. The maximum absolute atomic E-state index is 13.5. The molecule has 5 heteroatoms. The summed E-state index contributed by atoms with van der Waals surface area (Å²) in [4.78, 5) is 11.5. The van der Waals surface area contributed by atoms with E-state index in [1.165, 1.54) is 35.0 Å². The zero-order chi connectivity index (χ0) is 12.4. The van der Waals surface area contributed by atoms with Gasteiger partial charge in [0.15, 0.2) is 0 Å². The molecule has 0 unspecified atom stereocenters. The van der Waals surface area contributed by atoms with E-state index in [9.17, 15) is 9.18 Å². The molecule has 1 aromatic heterocycles. The molecule has 0 atom stereocenters. The van der Waals surface area contributed by atoms with Crippen LogP contribution in [0.3, 0.4) is 0 Å². The minimum atomic E-state index is -0.440. The molecule has 0 radical (unpaired) electrons. The van der Waals surface area contributed by atoms with Gasteiger partial charge in [0, 0.05) is 22.8 Å². The molecule has 0 N–H and O–H groups in total. The molecule has 0 fully saturated rings. The van der Waals surface area contributed by atoms with Crippen LogP contribution in [0.2, 0.25) is 10.0 Å². The van der Waals surface area contributed by atoms with Crippen molar-refractivity contribution in [1.82, 2.24) is 4.57 Å². The summed E-state index contributed by atoms with van der Waals surface area (Å²) in [5, 5.41) is 0.703. The molecule has 0 amide bonds. The summed E-state index contributed by atoms with van der Waals surface area (Å²) in [7, 11) is 0. The van der Waals surface area contributed by atoms with E-state index in [0.29, 0.717) is 5.02 Å². The Kier molecular flexibility index (Phi) is 3.50. The first kappa shape index (κ1) is 12.1. The summed E-state index contributed by atoms with van der Waals surface area (Å²) >= 11 is 11.7. The lowest BCUT2D eigenvalue weighted by Gasteiger charge is -2.08. The van der Waals surface area contributed by atoms with Crippen molar-refractivity contribution in [3.8, 4) is 0 Å². The molecule has 0 spiro atoms. The van der Waals surface area contributed by atoms with Crippen molar-refractivity contribution in [2.24, 2.45) is 0 Å². The molecule has 1 aromatic carbocycles. The van der Waals surface area contributed by atoms with E-state index in [0.717, 1.165) is 0 Å². The topological polar surface area (TPSA) is 22.0 Å². The van der Waals surface area contributed by atoms with Gasteiger partial charge in [-0.3, -0.25) is 4.79 Å². The van der Waals surface area contributed by atoms with Gasteiger partial charge in [0.25, 0.3) is 5.56 Å². The predicted octanol–water partition coefficient (Wildman–Crippen LogP) is 3.34. The van der Waals surface area contributed by atoms with Gasteiger partial charge in [-0.2, -0.15) is 0 Å². The zero-order valence-electron chi connectivity index (χ0n) is 8.66. The first-order valence-corrected chi connectivity index (χ1v) is 5.62. The second kappa shape index (κ2) is 4.90. The molecule has 0 aliphatic carbocycles. The van der Waals surface area contributed by atoms with Gasteiger partial charge in [-0.15, -0.1) is 0 Å². The fraction of sp³-hybridized carbons (Fsp3) is 0.0833. The Labute approximate surface area is 107 Å². The van der Waals surface area contributed by atoms with Crippen molar-refractivity contribution in [1.29, 1.82) is 0 Å². The van der Waals surface area contributed by atoms with Crippen molar-refractivity contribution in [2.75, 3.05) is 0 Å². The van der Waals surface area contributed by atoms with Crippen LogP contribution in [-0.2, 0) is 6.54 Å². The lowest BCUT2D eigenvalue weighted by atomic mass is 10.2. The third-order valence-corrected chi connectivity index (χ3v) is 2.92. The van der Waals surface area contributed by atoms with E-state index >= 15 is 0 Å². The third kappa shape index (κ3) is 2.68. The number of benzene rings is 1. The van der Waals surface area contributed by atoms with Crippen LogP contribution < -0.4 is 5.56 Å². The number of halogens is 3. The number of aromatic nitrogens is 1. The average Bonchev–Trinajstić information content (AvgIpc) is 2.28. The first-order chi connectivity index (χ1) is 8.08. The van der Waals surface area contributed by atoms with Crippen LogP contribution in [0.4, 0.5) is 4.39 Å². The molecule has 0 bridgehead atoms. The van der Waals surface area contributed by atoms with Gasteiger partial charge in [0.05, 0.1) is 11.6 Å². The standard InChI is InChI=1S/C12H8Cl2FNO/c13-8-4-5-12(17)16(6-8)7-9-10(14)2-1-3-11(9)15/h1-6H,7H2. The van der Waals surface area contributed by atoms with Crippen molar-refractivity contribution in [3.63, 3.8) is 0 Å². The van der Waals surface area contributed by atoms with E-state index in [2.05, 4.69) is 0 Å². The van der Waals surface area contributed by atoms with Crippen LogP contribution in [0.25, 0.3) is 0 Å². The highest BCUT2D eigenvalue weighted by Crippen LogP contribution is 2.19. The molecule has 0 saturated carbocycles. The minimum absolute atomic E-state index is 0.0604. The zero-order valence-corrected chi connectivity index (χ0v) is 10.2. The summed E-state index contributed by atoms with van der Waals surface area (Å²) in [6, 6.07) is 7.22. The Morgan fingerprint density at radius 1 is 1.18 bits per heavy atom. The van der Waals surface area contributed by atoms with Crippen LogP contribution >= 0.6 is 23.2 Å².